The molecule has 0 aliphatic carbocycles. The van der Waals surface area contributed by atoms with Gasteiger partial charge in [-0.15, -0.1) is 0 Å². The number of rotatable bonds is 8. The van der Waals surface area contributed by atoms with E-state index in [1.165, 1.54) is 56.5 Å². The lowest BCUT2D eigenvalue weighted by molar-refractivity contribution is -0.278. The number of aliphatic hydroxyl groups is 3. The number of Topliss-reactive ketones (excluding diaryl/α,β-unsaturated/α-hetero) is 1. The van der Waals surface area contributed by atoms with Crippen LogP contribution in [0.2, 0.25) is 0 Å². The Hall–Kier alpha value is -3.44. The Bertz CT molecular complexity index is 1030. The van der Waals surface area contributed by atoms with Crippen LogP contribution in [0.5, 0.6) is 17.2 Å². The number of phenolic OH excluding ortho intramolecular Hbond substituents is 1. The van der Waals surface area contributed by atoms with Gasteiger partial charge < -0.3 is 39.4 Å². The zero-order chi connectivity index (χ0) is 24.8. The molecule has 1 fully saturated rings. The second kappa shape index (κ2) is 11.1. The molecule has 0 unspecified atom stereocenters. The minimum absolute atomic E-state index is 0.0435. The van der Waals surface area contributed by atoms with Gasteiger partial charge in [-0.1, -0.05) is 6.07 Å². The van der Waals surface area contributed by atoms with E-state index in [1.54, 1.807) is 6.07 Å². The highest BCUT2D eigenvalue weighted by Crippen LogP contribution is 2.27. The third kappa shape index (κ3) is 6.12. The number of ether oxygens (including phenoxy) is 4. The van der Waals surface area contributed by atoms with E-state index in [1.807, 2.05) is 0 Å². The monoisotopic (exact) mass is 474 g/mol. The number of hydrogen-bond acceptors (Lipinski definition) is 10. The van der Waals surface area contributed by atoms with Crippen molar-refractivity contribution in [3.63, 3.8) is 0 Å². The summed E-state index contributed by atoms with van der Waals surface area (Å²) in [5.41, 5.74) is 1.04. The van der Waals surface area contributed by atoms with E-state index >= 15 is 0 Å². The number of carbonyl (C=O) groups excluding carboxylic acids is 2. The molecule has 2 aromatic rings. The quantitative estimate of drug-likeness (QED) is 0.248. The number of esters is 1. The van der Waals surface area contributed by atoms with Crippen molar-refractivity contribution in [3.05, 3.63) is 59.7 Å². The van der Waals surface area contributed by atoms with Gasteiger partial charge in [0.15, 0.2) is 17.3 Å². The van der Waals surface area contributed by atoms with E-state index in [-0.39, 0.29) is 23.0 Å². The average Bonchev–Trinajstić information content (AvgIpc) is 2.83. The van der Waals surface area contributed by atoms with Crippen LogP contribution < -0.4 is 9.47 Å². The summed E-state index contributed by atoms with van der Waals surface area (Å²) in [5, 5.41) is 40.2. The van der Waals surface area contributed by atoms with Crippen LogP contribution in [0.25, 0.3) is 6.08 Å². The van der Waals surface area contributed by atoms with E-state index in [9.17, 15) is 30.0 Å². The summed E-state index contributed by atoms with van der Waals surface area (Å²) in [6.45, 7) is 1.00. The largest absolute Gasteiger partial charge is 0.504 e. The lowest BCUT2D eigenvalue weighted by Gasteiger charge is -2.39. The van der Waals surface area contributed by atoms with Crippen LogP contribution >= 0.6 is 0 Å². The van der Waals surface area contributed by atoms with Gasteiger partial charge in [0, 0.05) is 11.6 Å². The molecule has 182 valence electrons. The number of benzene rings is 2. The predicted octanol–water partition coefficient (Wildman–Crippen LogP) is 1.05. The summed E-state index contributed by atoms with van der Waals surface area (Å²) in [7, 11) is 1.40. The number of aliphatic hydroxyl groups excluding tert-OH is 3. The maximum Gasteiger partial charge on any atom is 0.330 e. The Morgan fingerprint density at radius 1 is 1.03 bits per heavy atom. The first-order valence-electron chi connectivity index (χ1n) is 10.4. The van der Waals surface area contributed by atoms with Gasteiger partial charge in [0.25, 0.3) is 0 Å². The molecule has 1 heterocycles. The first kappa shape index (κ1) is 25.2. The minimum atomic E-state index is -1.61. The first-order valence-corrected chi connectivity index (χ1v) is 10.4. The number of ketones is 1. The van der Waals surface area contributed by atoms with Gasteiger partial charge in [-0.2, -0.15) is 0 Å². The third-order valence-electron chi connectivity index (χ3n) is 5.19. The summed E-state index contributed by atoms with van der Waals surface area (Å²) in [6.07, 6.45) is -4.67. The van der Waals surface area contributed by atoms with Crippen molar-refractivity contribution in [1.29, 1.82) is 0 Å². The Morgan fingerprint density at radius 3 is 2.38 bits per heavy atom. The van der Waals surface area contributed by atoms with Crippen LogP contribution in [0.3, 0.4) is 0 Å². The third-order valence-corrected chi connectivity index (χ3v) is 5.19. The van der Waals surface area contributed by atoms with Crippen molar-refractivity contribution in [2.75, 3.05) is 13.7 Å². The molecule has 5 atom stereocenters. The number of carbonyl (C=O) groups is 2. The van der Waals surface area contributed by atoms with Gasteiger partial charge in [0.2, 0.25) is 6.29 Å². The number of methoxy groups -OCH3 is 1. The summed E-state index contributed by atoms with van der Waals surface area (Å²) in [6, 6.07) is 10.6. The maximum atomic E-state index is 12.1. The fourth-order valence-electron chi connectivity index (χ4n) is 3.23. The molecular weight excluding hydrogens is 448 g/mol. The highest BCUT2D eigenvalue weighted by molar-refractivity contribution is 5.94. The zero-order valence-corrected chi connectivity index (χ0v) is 18.5. The number of phenols is 1. The smallest absolute Gasteiger partial charge is 0.330 e. The molecule has 4 N–H and O–H groups in total. The Labute approximate surface area is 195 Å². The molecular formula is C24H26O10. The van der Waals surface area contributed by atoms with Crippen LogP contribution in [0.15, 0.2) is 48.5 Å². The van der Waals surface area contributed by atoms with E-state index in [4.69, 9.17) is 18.9 Å². The van der Waals surface area contributed by atoms with E-state index in [2.05, 4.69) is 0 Å². The summed E-state index contributed by atoms with van der Waals surface area (Å²) in [5.74, 6) is -0.414. The fourth-order valence-corrected chi connectivity index (χ4v) is 3.23. The van der Waals surface area contributed by atoms with Gasteiger partial charge in [-0.25, -0.2) is 4.79 Å². The molecule has 0 spiro atoms. The van der Waals surface area contributed by atoms with Crippen molar-refractivity contribution in [2.24, 2.45) is 0 Å². The minimum Gasteiger partial charge on any atom is -0.504 e. The molecule has 3 rings (SSSR count). The Morgan fingerprint density at radius 2 is 1.74 bits per heavy atom. The maximum absolute atomic E-state index is 12.1. The van der Waals surface area contributed by atoms with Crippen LogP contribution in [0, 0.1) is 0 Å². The van der Waals surface area contributed by atoms with Crippen molar-refractivity contribution < 1.29 is 49.0 Å². The second-order valence-electron chi connectivity index (χ2n) is 7.61. The molecule has 0 radical (unpaired) electrons. The standard InChI is InChI=1S/C24H26O10/c1-13(25)15-5-7-16(8-6-15)33-24-23(30)22(29)21(28)19(34-24)12-32-20(27)10-4-14-3-9-17(26)18(11-14)31-2/h3-11,19,21-24,26,28-30H,12H2,1-2H3/b10-4+/t19-,21+,22+,23-,24-/m1/s1. The van der Waals surface area contributed by atoms with Gasteiger partial charge in [-0.3, -0.25) is 4.79 Å². The number of hydrogen-bond donors (Lipinski definition) is 4. The van der Waals surface area contributed by atoms with Crippen LogP contribution in [-0.4, -0.2) is 76.6 Å². The van der Waals surface area contributed by atoms with E-state index in [0.717, 1.165) is 6.08 Å². The summed E-state index contributed by atoms with van der Waals surface area (Å²) < 4.78 is 21.2. The van der Waals surface area contributed by atoms with Crippen molar-refractivity contribution in [1.82, 2.24) is 0 Å². The summed E-state index contributed by atoms with van der Waals surface area (Å²) >= 11 is 0. The van der Waals surface area contributed by atoms with Gasteiger partial charge >= 0.3 is 5.97 Å². The molecule has 2 aromatic carbocycles. The molecule has 1 aliphatic heterocycles. The average molecular weight is 474 g/mol. The predicted molar refractivity (Wildman–Crippen MR) is 118 cm³/mol. The lowest BCUT2D eigenvalue weighted by Crippen LogP contribution is -2.60. The Balaban J connectivity index is 1.59. The van der Waals surface area contributed by atoms with Crippen LogP contribution in [0.1, 0.15) is 22.8 Å². The fraction of sp³-hybridized carbons (Fsp3) is 0.333. The molecule has 10 heteroatoms. The van der Waals surface area contributed by atoms with Gasteiger partial charge in [0.05, 0.1) is 7.11 Å². The molecule has 34 heavy (non-hydrogen) atoms. The molecule has 1 saturated heterocycles. The normalized spacial score (nSPS) is 24.6. The first-order chi connectivity index (χ1) is 16.2. The van der Waals surface area contributed by atoms with Crippen molar-refractivity contribution >= 4 is 17.8 Å². The van der Waals surface area contributed by atoms with E-state index in [0.29, 0.717) is 11.1 Å². The van der Waals surface area contributed by atoms with Crippen molar-refractivity contribution in [3.8, 4) is 17.2 Å². The highest BCUT2D eigenvalue weighted by atomic mass is 16.7. The lowest BCUT2D eigenvalue weighted by atomic mass is 9.99. The second-order valence-corrected chi connectivity index (χ2v) is 7.61. The molecule has 1 aliphatic rings. The van der Waals surface area contributed by atoms with E-state index < -0.39 is 43.3 Å². The van der Waals surface area contributed by atoms with Gasteiger partial charge in [-0.05, 0) is 55.0 Å². The SMILES string of the molecule is COc1cc(/C=C/C(=O)OC[C@H]2O[C@@H](Oc3ccc(C(C)=O)cc3)[C@H](O)[C@@H](O)[C@H]2O)ccc1O. The molecule has 0 saturated carbocycles. The Kier molecular flexibility index (Phi) is 8.24. The molecule has 0 aromatic heterocycles. The van der Waals surface area contributed by atoms with Crippen molar-refractivity contribution in [2.45, 2.75) is 37.6 Å². The molecule has 0 amide bonds. The molecule has 0 bridgehead atoms. The summed E-state index contributed by atoms with van der Waals surface area (Å²) in [4.78, 5) is 23.5. The van der Waals surface area contributed by atoms with Crippen LogP contribution in [0.4, 0.5) is 0 Å². The molecule has 10 nitrogen and oxygen atoms in total. The van der Waals surface area contributed by atoms with Gasteiger partial charge in [0.1, 0.15) is 36.8 Å². The topological polar surface area (TPSA) is 152 Å². The highest BCUT2D eigenvalue weighted by Gasteiger charge is 2.45. The number of aromatic hydroxyl groups is 1. The zero-order valence-electron chi connectivity index (χ0n) is 18.5. The van der Waals surface area contributed by atoms with Crippen LogP contribution in [-0.2, 0) is 14.3 Å².